The molecule has 6 nitrogen and oxygen atoms in total. The quantitative estimate of drug-likeness (QED) is 0.335. The number of benzene rings is 2. The zero-order valence-electron chi connectivity index (χ0n) is 17.2. The molecular formula is C21H21ClF2N6S. The van der Waals surface area contributed by atoms with Gasteiger partial charge in [-0.25, -0.2) is 4.98 Å². The van der Waals surface area contributed by atoms with Gasteiger partial charge in [-0.2, -0.15) is 8.78 Å². The summed E-state index contributed by atoms with van der Waals surface area (Å²) in [7, 11) is 3.92. The van der Waals surface area contributed by atoms with Gasteiger partial charge in [-0.1, -0.05) is 35.5 Å². The summed E-state index contributed by atoms with van der Waals surface area (Å²) in [6, 6.07) is 14.2. The van der Waals surface area contributed by atoms with Crippen LogP contribution in [-0.2, 0) is 5.75 Å². The molecule has 0 bridgehead atoms. The van der Waals surface area contributed by atoms with Crippen LogP contribution in [0.15, 0.2) is 53.7 Å². The second kappa shape index (κ2) is 8.94. The highest BCUT2D eigenvalue weighted by molar-refractivity contribution is 7.98. The van der Waals surface area contributed by atoms with Crippen LogP contribution in [0.4, 0.5) is 8.78 Å². The molecule has 1 unspecified atom stereocenters. The van der Waals surface area contributed by atoms with Gasteiger partial charge in [-0.05, 0) is 57.4 Å². The van der Waals surface area contributed by atoms with Gasteiger partial charge in [0.15, 0.2) is 11.0 Å². The molecule has 10 heteroatoms. The maximum Gasteiger partial charge on any atom is 0.320 e. The molecule has 1 atom stereocenters. The van der Waals surface area contributed by atoms with E-state index in [-0.39, 0.29) is 17.6 Å². The normalized spacial score (nSPS) is 12.9. The lowest BCUT2D eigenvalue weighted by Crippen LogP contribution is -2.20. The fraction of sp³-hybridized carbons (Fsp3) is 0.286. The Balaban J connectivity index is 1.72. The Kier molecular flexibility index (Phi) is 6.27. The van der Waals surface area contributed by atoms with Crippen LogP contribution in [0, 0.1) is 0 Å². The third-order valence-corrected chi connectivity index (χ3v) is 6.26. The SMILES string of the molecule is CC(c1nnc(SCc2nc3ccccc3n2C(F)F)n1-c1ccc(Cl)cc1)N(C)C. The van der Waals surface area contributed by atoms with Gasteiger partial charge in [-0.15, -0.1) is 10.2 Å². The number of imidazole rings is 1. The molecule has 4 aromatic rings. The Labute approximate surface area is 187 Å². The molecule has 0 radical (unpaired) electrons. The molecule has 0 aliphatic heterocycles. The summed E-state index contributed by atoms with van der Waals surface area (Å²) in [5.41, 5.74) is 1.80. The van der Waals surface area contributed by atoms with Crippen molar-refractivity contribution in [3.63, 3.8) is 0 Å². The highest BCUT2D eigenvalue weighted by Gasteiger charge is 2.23. The van der Waals surface area contributed by atoms with Gasteiger partial charge < -0.3 is 0 Å². The van der Waals surface area contributed by atoms with Gasteiger partial charge in [-0.3, -0.25) is 14.0 Å². The molecule has 0 spiro atoms. The highest BCUT2D eigenvalue weighted by atomic mass is 35.5. The highest BCUT2D eigenvalue weighted by Crippen LogP contribution is 2.31. The zero-order valence-corrected chi connectivity index (χ0v) is 18.8. The number of rotatable bonds is 7. The fourth-order valence-electron chi connectivity index (χ4n) is 3.25. The van der Waals surface area contributed by atoms with Crippen LogP contribution in [0.25, 0.3) is 16.7 Å². The molecule has 0 saturated carbocycles. The molecule has 0 N–H and O–H groups in total. The van der Waals surface area contributed by atoms with Crippen molar-refractivity contribution in [1.29, 1.82) is 0 Å². The average Bonchev–Trinajstić information content (AvgIpc) is 3.33. The van der Waals surface area contributed by atoms with Gasteiger partial charge in [0.2, 0.25) is 0 Å². The van der Waals surface area contributed by atoms with Gasteiger partial charge in [0, 0.05) is 10.7 Å². The molecule has 2 heterocycles. The lowest BCUT2D eigenvalue weighted by Gasteiger charge is -2.20. The largest absolute Gasteiger partial charge is 0.320 e. The van der Waals surface area contributed by atoms with Crippen molar-refractivity contribution in [1.82, 2.24) is 29.2 Å². The minimum Gasteiger partial charge on any atom is -0.300 e. The van der Waals surface area contributed by atoms with Crippen LogP contribution in [0.1, 0.15) is 31.2 Å². The Morgan fingerprint density at radius 3 is 2.45 bits per heavy atom. The third kappa shape index (κ3) is 4.30. The van der Waals surface area contributed by atoms with E-state index >= 15 is 0 Å². The molecule has 31 heavy (non-hydrogen) atoms. The number of para-hydroxylation sites is 2. The monoisotopic (exact) mass is 462 g/mol. The summed E-state index contributed by atoms with van der Waals surface area (Å²) in [4.78, 5) is 6.44. The minimum absolute atomic E-state index is 0.0110. The number of alkyl halides is 2. The van der Waals surface area contributed by atoms with Crippen molar-refractivity contribution in [3.8, 4) is 5.69 Å². The Hall–Kier alpha value is -2.49. The van der Waals surface area contributed by atoms with Crippen molar-refractivity contribution in [3.05, 3.63) is 65.2 Å². The van der Waals surface area contributed by atoms with E-state index < -0.39 is 6.55 Å². The molecule has 2 aromatic carbocycles. The fourth-order valence-corrected chi connectivity index (χ4v) is 4.27. The molecule has 4 rings (SSSR count). The second-order valence-electron chi connectivity index (χ2n) is 7.25. The third-order valence-electron chi connectivity index (χ3n) is 5.09. The van der Waals surface area contributed by atoms with Crippen molar-refractivity contribution in [2.45, 2.75) is 30.4 Å². The summed E-state index contributed by atoms with van der Waals surface area (Å²) in [5.74, 6) is 1.26. The summed E-state index contributed by atoms with van der Waals surface area (Å²) in [5, 5.41) is 9.96. The Morgan fingerprint density at radius 2 is 1.77 bits per heavy atom. The molecule has 0 aliphatic carbocycles. The summed E-state index contributed by atoms with van der Waals surface area (Å²) < 4.78 is 30.4. The van der Waals surface area contributed by atoms with Gasteiger partial charge in [0.25, 0.3) is 0 Å². The van der Waals surface area contributed by atoms with Crippen LogP contribution in [0.3, 0.4) is 0 Å². The van der Waals surface area contributed by atoms with Crippen molar-refractivity contribution >= 4 is 34.4 Å². The van der Waals surface area contributed by atoms with Crippen LogP contribution in [0.5, 0.6) is 0 Å². The smallest absolute Gasteiger partial charge is 0.300 e. The maximum atomic E-state index is 13.8. The van der Waals surface area contributed by atoms with Gasteiger partial charge >= 0.3 is 6.55 Å². The first-order valence-corrected chi connectivity index (χ1v) is 11.0. The number of hydrogen-bond donors (Lipinski definition) is 0. The van der Waals surface area contributed by atoms with Crippen molar-refractivity contribution in [2.75, 3.05) is 14.1 Å². The predicted octanol–water partition coefficient (Wildman–Crippen LogP) is 5.58. The minimum atomic E-state index is -2.68. The molecule has 2 aromatic heterocycles. The summed E-state index contributed by atoms with van der Waals surface area (Å²) in [6.07, 6.45) is 0. The van der Waals surface area contributed by atoms with Gasteiger partial charge in [0.05, 0.1) is 22.8 Å². The second-order valence-corrected chi connectivity index (χ2v) is 8.62. The van der Waals surface area contributed by atoms with E-state index in [1.165, 1.54) is 11.8 Å². The molecule has 0 aliphatic rings. The Morgan fingerprint density at radius 1 is 1.06 bits per heavy atom. The van der Waals surface area contributed by atoms with E-state index in [0.717, 1.165) is 16.1 Å². The molecule has 0 amide bonds. The Bertz CT molecular complexity index is 1190. The van der Waals surface area contributed by atoms with Crippen LogP contribution in [0.2, 0.25) is 5.02 Å². The zero-order chi connectivity index (χ0) is 22.1. The number of halogens is 3. The van der Waals surface area contributed by atoms with E-state index in [1.54, 1.807) is 36.4 Å². The first kappa shape index (κ1) is 21.7. The summed E-state index contributed by atoms with van der Waals surface area (Å²) >= 11 is 7.37. The number of fused-ring (bicyclic) bond motifs is 1. The van der Waals surface area contributed by atoms with E-state index in [2.05, 4.69) is 15.2 Å². The maximum absolute atomic E-state index is 13.8. The topological polar surface area (TPSA) is 51.8 Å². The number of nitrogens with zero attached hydrogens (tertiary/aromatic N) is 6. The van der Waals surface area contributed by atoms with Crippen LogP contribution in [-0.4, -0.2) is 43.3 Å². The number of aromatic nitrogens is 5. The number of thioether (sulfide) groups is 1. The van der Waals surface area contributed by atoms with E-state index in [0.29, 0.717) is 21.2 Å². The molecule has 0 fully saturated rings. The average molecular weight is 463 g/mol. The summed E-state index contributed by atoms with van der Waals surface area (Å²) in [6.45, 7) is -0.650. The van der Waals surface area contributed by atoms with E-state index in [4.69, 9.17) is 11.6 Å². The molecular weight excluding hydrogens is 442 g/mol. The molecule has 162 valence electrons. The standard InChI is InChI=1S/C21H21ClF2N6S/c1-13(28(2)3)19-26-27-21(29(19)15-10-8-14(22)9-11-15)31-12-18-25-16-6-4-5-7-17(16)30(18)20(23)24/h4-11,13,20H,12H2,1-3H3. The van der Waals surface area contributed by atoms with Crippen LogP contribution >= 0.6 is 23.4 Å². The van der Waals surface area contributed by atoms with Crippen LogP contribution < -0.4 is 0 Å². The number of hydrogen-bond acceptors (Lipinski definition) is 5. The van der Waals surface area contributed by atoms with E-state index in [9.17, 15) is 8.78 Å². The van der Waals surface area contributed by atoms with Crippen molar-refractivity contribution < 1.29 is 8.78 Å². The van der Waals surface area contributed by atoms with Gasteiger partial charge in [0.1, 0.15) is 5.82 Å². The first-order valence-electron chi connectivity index (χ1n) is 9.61. The predicted molar refractivity (Wildman–Crippen MR) is 119 cm³/mol. The van der Waals surface area contributed by atoms with Crippen molar-refractivity contribution in [2.24, 2.45) is 0 Å². The molecule has 0 saturated heterocycles. The lowest BCUT2D eigenvalue weighted by molar-refractivity contribution is 0.0722. The first-order chi connectivity index (χ1) is 14.9. The van der Waals surface area contributed by atoms with E-state index in [1.807, 2.05) is 42.6 Å². The lowest BCUT2D eigenvalue weighted by atomic mass is 10.2.